The zero-order valence-electron chi connectivity index (χ0n) is 12.9. The van der Waals surface area contributed by atoms with Gasteiger partial charge in [-0.25, -0.2) is 0 Å². The van der Waals surface area contributed by atoms with Crippen molar-refractivity contribution in [3.8, 4) is 0 Å². The van der Waals surface area contributed by atoms with Crippen LogP contribution in [0.4, 0.5) is 11.4 Å². The first-order valence-corrected chi connectivity index (χ1v) is 7.84. The first-order chi connectivity index (χ1) is 11.6. The first kappa shape index (κ1) is 16.1. The van der Waals surface area contributed by atoms with E-state index >= 15 is 0 Å². The van der Waals surface area contributed by atoms with E-state index in [-0.39, 0.29) is 11.7 Å². The quantitative estimate of drug-likeness (QED) is 0.722. The Morgan fingerprint density at radius 3 is 2.62 bits per heavy atom. The van der Waals surface area contributed by atoms with E-state index in [4.69, 9.17) is 16.0 Å². The van der Waals surface area contributed by atoms with E-state index in [9.17, 15) is 9.59 Å². The van der Waals surface area contributed by atoms with E-state index in [0.717, 1.165) is 0 Å². The summed E-state index contributed by atoms with van der Waals surface area (Å²) in [6, 6.07) is 14.0. The first-order valence-electron chi connectivity index (χ1n) is 7.46. The molecule has 0 atom stereocenters. The molecule has 122 valence electrons. The highest BCUT2D eigenvalue weighted by Gasteiger charge is 2.22. The van der Waals surface area contributed by atoms with Gasteiger partial charge in [-0.1, -0.05) is 36.7 Å². The lowest BCUT2D eigenvalue weighted by molar-refractivity contribution is -0.115. The van der Waals surface area contributed by atoms with Crippen LogP contribution in [0.3, 0.4) is 0 Å². The summed E-state index contributed by atoms with van der Waals surface area (Å²) in [4.78, 5) is 24.4. The average Bonchev–Trinajstić information content (AvgIpc) is 2.93. The van der Waals surface area contributed by atoms with Crippen molar-refractivity contribution in [3.05, 3.63) is 59.3 Å². The molecule has 0 aliphatic rings. The van der Waals surface area contributed by atoms with Gasteiger partial charge in [0.05, 0.1) is 0 Å². The Kier molecular flexibility index (Phi) is 4.53. The Labute approximate surface area is 143 Å². The molecule has 0 radical (unpaired) electrons. The molecular weight excluding hydrogens is 328 g/mol. The molecular formula is C18H15ClN2O3. The molecule has 0 aliphatic carbocycles. The lowest BCUT2D eigenvalue weighted by atomic mass is 10.2. The monoisotopic (exact) mass is 342 g/mol. The third kappa shape index (κ3) is 3.26. The molecule has 0 bridgehead atoms. The van der Waals surface area contributed by atoms with Crippen LogP contribution in [0.25, 0.3) is 11.0 Å². The van der Waals surface area contributed by atoms with Gasteiger partial charge in [-0.2, -0.15) is 0 Å². The van der Waals surface area contributed by atoms with Gasteiger partial charge in [-0.3, -0.25) is 9.59 Å². The fourth-order valence-electron chi connectivity index (χ4n) is 2.31. The van der Waals surface area contributed by atoms with Gasteiger partial charge in [0.1, 0.15) is 11.3 Å². The van der Waals surface area contributed by atoms with Gasteiger partial charge in [0, 0.05) is 22.5 Å². The molecule has 2 aromatic carbocycles. The molecule has 24 heavy (non-hydrogen) atoms. The Hall–Kier alpha value is -2.79. The predicted molar refractivity (Wildman–Crippen MR) is 94.5 cm³/mol. The van der Waals surface area contributed by atoms with Crippen LogP contribution >= 0.6 is 11.6 Å². The van der Waals surface area contributed by atoms with Crippen LogP contribution < -0.4 is 10.6 Å². The Morgan fingerprint density at radius 1 is 1.08 bits per heavy atom. The minimum Gasteiger partial charge on any atom is -0.449 e. The second-order valence-electron chi connectivity index (χ2n) is 5.17. The van der Waals surface area contributed by atoms with Crippen LogP contribution in [-0.2, 0) is 4.79 Å². The predicted octanol–water partition coefficient (Wildman–Crippen LogP) is 4.69. The molecule has 2 amide bonds. The van der Waals surface area contributed by atoms with Gasteiger partial charge in [0.25, 0.3) is 5.91 Å². The maximum Gasteiger partial charge on any atom is 0.293 e. The topological polar surface area (TPSA) is 71.3 Å². The minimum atomic E-state index is -0.458. The number of carbonyl (C=O) groups excluding carboxylic acids is 2. The largest absolute Gasteiger partial charge is 0.449 e. The van der Waals surface area contributed by atoms with Crippen molar-refractivity contribution in [2.75, 3.05) is 10.6 Å². The highest BCUT2D eigenvalue weighted by molar-refractivity contribution is 6.31. The number of anilines is 2. The maximum absolute atomic E-state index is 12.6. The lowest BCUT2D eigenvalue weighted by Gasteiger charge is -2.06. The molecule has 5 nitrogen and oxygen atoms in total. The van der Waals surface area contributed by atoms with Gasteiger partial charge in [0.2, 0.25) is 11.7 Å². The molecule has 3 rings (SSSR count). The second-order valence-corrected chi connectivity index (χ2v) is 5.60. The van der Waals surface area contributed by atoms with Crippen molar-refractivity contribution in [1.82, 2.24) is 0 Å². The summed E-state index contributed by atoms with van der Waals surface area (Å²) in [5.74, 6) is -0.601. The van der Waals surface area contributed by atoms with Gasteiger partial charge < -0.3 is 15.1 Å². The van der Waals surface area contributed by atoms with Gasteiger partial charge in [-0.15, -0.1) is 0 Å². The normalized spacial score (nSPS) is 10.6. The van der Waals surface area contributed by atoms with E-state index < -0.39 is 5.91 Å². The van der Waals surface area contributed by atoms with E-state index in [1.807, 2.05) is 6.07 Å². The number of fused-ring (bicyclic) bond motifs is 1. The summed E-state index contributed by atoms with van der Waals surface area (Å²) < 4.78 is 5.65. The number of furan rings is 1. The second kappa shape index (κ2) is 6.76. The Bertz CT molecular complexity index is 918. The summed E-state index contributed by atoms with van der Waals surface area (Å²) in [5, 5.41) is 6.65. The number of hydrogen-bond donors (Lipinski definition) is 2. The molecule has 0 fully saturated rings. The van der Waals surface area contributed by atoms with Crippen LogP contribution in [0.15, 0.2) is 52.9 Å². The van der Waals surface area contributed by atoms with Crippen LogP contribution in [0, 0.1) is 0 Å². The average molecular weight is 343 g/mol. The van der Waals surface area contributed by atoms with E-state index in [2.05, 4.69) is 10.6 Å². The fraction of sp³-hybridized carbons (Fsp3) is 0.111. The summed E-state index contributed by atoms with van der Waals surface area (Å²) >= 11 is 5.93. The third-order valence-electron chi connectivity index (χ3n) is 3.47. The summed E-state index contributed by atoms with van der Waals surface area (Å²) in [7, 11) is 0. The molecule has 6 heteroatoms. The van der Waals surface area contributed by atoms with Crippen LogP contribution in [0.5, 0.6) is 0 Å². The molecule has 0 aliphatic heterocycles. The molecule has 1 heterocycles. The number of hydrogen-bond acceptors (Lipinski definition) is 3. The maximum atomic E-state index is 12.6. The summed E-state index contributed by atoms with van der Waals surface area (Å²) in [6.07, 6.45) is 0.300. The van der Waals surface area contributed by atoms with Gasteiger partial charge in [0.15, 0.2) is 0 Å². The number of para-hydroxylation sites is 1. The number of benzene rings is 2. The number of amides is 2. The minimum absolute atomic E-state index is 0.0537. The van der Waals surface area contributed by atoms with Crippen molar-refractivity contribution < 1.29 is 14.0 Å². The molecule has 1 aromatic heterocycles. The molecule has 0 saturated heterocycles. The third-order valence-corrected chi connectivity index (χ3v) is 3.70. The Balaban J connectivity index is 1.99. The number of nitrogens with one attached hydrogen (secondary N) is 2. The highest BCUT2D eigenvalue weighted by atomic mass is 35.5. The van der Waals surface area contributed by atoms with Crippen molar-refractivity contribution in [2.24, 2.45) is 0 Å². The van der Waals surface area contributed by atoms with Gasteiger partial charge >= 0.3 is 0 Å². The van der Waals surface area contributed by atoms with E-state index in [0.29, 0.717) is 33.8 Å². The number of carbonyl (C=O) groups is 2. The van der Waals surface area contributed by atoms with Crippen LogP contribution in [0.2, 0.25) is 5.02 Å². The number of halogens is 1. The smallest absolute Gasteiger partial charge is 0.293 e. The van der Waals surface area contributed by atoms with E-state index in [1.165, 1.54) is 0 Å². The zero-order valence-corrected chi connectivity index (χ0v) is 13.7. The summed E-state index contributed by atoms with van der Waals surface area (Å²) in [6.45, 7) is 1.74. The fourth-order valence-corrected chi connectivity index (χ4v) is 2.50. The van der Waals surface area contributed by atoms with Crippen molar-refractivity contribution >= 4 is 45.8 Å². The lowest BCUT2D eigenvalue weighted by Crippen LogP contribution is -2.16. The van der Waals surface area contributed by atoms with Crippen LogP contribution in [0.1, 0.15) is 23.9 Å². The summed E-state index contributed by atoms with van der Waals surface area (Å²) in [5.41, 5.74) is 1.44. The molecule has 3 aromatic rings. The number of rotatable bonds is 4. The molecule has 0 spiro atoms. The molecule has 0 saturated carbocycles. The van der Waals surface area contributed by atoms with Crippen molar-refractivity contribution in [1.29, 1.82) is 0 Å². The molecule has 2 N–H and O–H groups in total. The van der Waals surface area contributed by atoms with Crippen LogP contribution in [-0.4, -0.2) is 11.8 Å². The standard InChI is InChI=1S/C18H15ClN2O3/c1-2-15(22)21-16-13-8-3-4-9-14(13)24-17(16)18(23)20-12-7-5-6-11(19)10-12/h3-10H,2H2,1H3,(H,20,23)(H,21,22). The molecule has 0 unspecified atom stereocenters. The highest BCUT2D eigenvalue weighted by Crippen LogP contribution is 2.31. The SMILES string of the molecule is CCC(=O)Nc1c(C(=O)Nc2cccc(Cl)c2)oc2ccccc12. The van der Waals surface area contributed by atoms with Crippen molar-refractivity contribution in [3.63, 3.8) is 0 Å². The Morgan fingerprint density at radius 2 is 1.88 bits per heavy atom. The van der Waals surface area contributed by atoms with Crippen molar-refractivity contribution in [2.45, 2.75) is 13.3 Å². The van der Waals surface area contributed by atoms with E-state index in [1.54, 1.807) is 49.4 Å². The zero-order chi connectivity index (χ0) is 17.1. The van der Waals surface area contributed by atoms with Gasteiger partial charge in [-0.05, 0) is 30.3 Å².